The molecule has 0 saturated heterocycles. The molecule has 0 aromatic rings. The highest BCUT2D eigenvalue weighted by Crippen LogP contribution is 2.15. The molecule has 0 aromatic carbocycles. The van der Waals surface area contributed by atoms with E-state index in [1.807, 2.05) is 31.2 Å². The van der Waals surface area contributed by atoms with Crippen molar-refractivity contribution in [3.63, 3.8) is 0 Å². The van der Waals surface area contributed by atoms with Crippen molar-refractivity contribution in [2.24, 2.45) is 0 Å². The number of unbranched alkanes of at least 4 members (excludes halogenated alkanes) is 4. The van der Waals surface area contributed by atoms with Gasteiger partial charge in [-0.2, -0.15) is 0 Å². The van der Waals surface area contributed by atoms with Crippen LogP contribution >= 0.6 is 0 Å². The second-order valence-electron chi connectivity index (χ2n) is 4.67. The zero-order chi connectivity index (χ0) is 13.9. The first kappa shape index (κ1) is 15.5. The van der Waals surface area contributed by atoms with Gasteiger partial charge in [0.1, 0.15) is 0 Å². The Morgan fingerprint density at radius 2 is 1.63 bits per heavy atom. The molecule has 0 unspecified atom stereocenters. The Morgan fingerprint density at radius 1 is 1.05 bits per heavy atom. The molecule has 19 heavy (non-hydrogen) atoms. The molecule has 0 N–H and O–H groups in total. The van der Waals surface area contributed by atoms with Crippen LogP contribution in [0.5, 0.6) is 0 Å². The molecule has 0 amide bonds. The normalized spacial score (nSPS) is 13.0. The number of esters is 1. The molecular formula is C16H23O3-. The smallest absolute Gasteiger partial charge is 0.305 e. The minimum absolute atomic E-state index is 0.103. The fourth-order valence-electron chi connectivity index (χ4n) is 2.02. The second-order valence-corrected chi connectivity index (χ2v) is 4.67. The highest BCUT2D eigenvalue weighted by atomic mass is 16.5. The zero-order valence-corrected chi connectivity index (χ0v) is 11.7. The van der Waals surface area contributed by atoms with Crippen LogP contribution in [0.1, 0.15) is 51.9 Å². The molecule has 0 aliphatic heterocycles. The summed E-state index contributed by atoms with van der Waals surface area (Å²) in [6.45, 7) is 2.28. The third-order valence-corrected chi connectivity index (χ3v) is 3.07. The zero-order valence-electron chi connectivity index (χ0n) is 11.7. The number of carbonyl (C=O) groups is 1. The van der Waals surface area contributed by atoms with Crippen LogP contribution in [0.2, 0.25) is 0 Å². The summed E-state index contributed by atoms with van der Waals surface area (Å²) < 4.78 is 4.86. The molecule has 3 heteroatoms. The van der Waals surface area contributed by atoms with Crippen LogP contribution in [0, 0.1) is 0 Å². The lowest BCUT2D eigenvalue weighted by molar-refractivity contribution is -0.307. The first-order chi connectivity index (χ1) is 9.24. The Kier molecular flexibility index (Phi) is 7.71. The SMILES string of the molecule is CCOC(=O)CCCCCCCC([O-])=C1C=CC=C1. The quantitative estimate of drug-likeness (QED) is 0.365. The van der Waals surface area contributed by atoms with Crippen LogP contribution in [0.15, 0.2) is 35.6 Å². The van der Waals surface area contributed by atoms with Crippen LogP contribution in [-0.2, 0) is 9.53 Å². The lowest BCUT2D eigenvalue weighted by Gasteiger charge is -2.13. The van der Waals surface area contributed by atoms with Gasteiger partial charge in [-0.25, -0.2) is 0 Å². The monoisotopic (exact) mass is 263 g/mol. The Morgan fingerprint density at radius 3 is 2.26 bits per heavy atom. The van der Waals surface area contributed by atoms with Crippen LogP contribution in [0.3, 0.4) is 0 Å². The van der Waals surface area contributed by atoms with Crippen molar-refractivity contribution in [1.29, 1.82) is 0 Å². The predicted octanol–water partition coefficient (Wildman–Crippen LogP) is 3.02. The van der Waals surface area contributed by atoms with E-state index in [0.717, 1.165) is 37.7 Å². The maximum Gasteiger partial charge on any atom is 0.305 e. The summed E-state index contributed by atoms with van der Waals surface area (Å²) in [4.78, 5) is 11.1. The molecule has 1 aliphatic rings. The van der Waals surface area contributed by atoms with E-state index < -0.39 is 0 Å². The summed E-state index contributed by atoms with van der Waals surface area (Å²) in [7, 11) is 0. The van der Waals surface area contributed by atoms with Crippen molar-refractivity contribution in [3.8, 4) is 0 Å². The Hall–Kier alpha value is -1.51. The molecule has 106 valence electrons. The van der Waals surface area contributed by atoms with E-state index in [1.165, 1.54) is 0 Å². The maximum atomic E-state index is 11.7. The van der Waals surface area contributed by atoms with Crippen molar-refractivity contribution in [1.82, 2.24) is 0 Å². The van der Waals surface area contributed by atoms with Gasteiger partial charge in [-0.05, 0) is 25.3 Å². The van der Waals surface area contributed by atoms with E-state index in [-0.39, 0.29) is 11.7 Å². The van der Waals surface area contributed by atoms with Crippen molar-refractivity contribution in [3.05, 3.63) is 35.6 Å². The van der Waals surface area contributed by atoms with Crippen LogP contribution in [0.4, 0.5) is 0 Å². The average molecular weight is 263 g/mol. The minimum atomic E-state index is -0.103. The van der Waals surface area contributed by atoms with Gasteiger partial charge in [-0.1, -0.05) is 50.0 Å². The largest absolute Gasteiger partial charge is 0.875 e. The summed E-state index contributed by atoms with van der Waals surface area (Å²) in [6.07, 6.45) is 13.6. The van der Waals surface area contributed by atoms with Gasteiger partial charge in [0.2, 0.25) is 0 Å². The van der Waals surface area contributed by atoms with E-state index in [2.05, 4.69) is 0 Å². The van der Waals surface area contributed by atoms with Gasteiger partial charge < -0.3 is 9.84 Å². The molecule has 1 rings (SSSR count). The number of carbonyl (C=O) groups excluding carboxylic acids is 1. The number of allylic oxidation sites excluding steroid dienone is 6. The molecule has 0 atom stereocenters. The van der Waals surface area contributed by atoms with E-state index in [4.69, 9.17) is 4.74 Å². The molecule has 3 nitrogen and oxygen atoms in total. The van der Waals surface area contributed by atoms with Crippen LogP contribution < -0.4 is 5.11 Å². The Bertz CT molecular complexity index is 350. The summed E-state index contributed by atoms with van der Waals surface area (Å²) >= 11 is 0. The predicted molar refractivity (Wildman–Crippen MR) is 74.3 cm³/mol. The average Bonchev–Trinajstić information content (AvgIpc) is 2.91. The summed E-state index contributed by atoms with van der Waals surface area (Å²) in [5.41, 5.74) is 0.822. The molecule has 0 fully saturated rings. The highest BCUT2D eigenvalue weighted by Gasteiger charge is 2.00. The highest BCUT2D eigenvalue weighted by molar-refractivity contribution is 5.69. The summed E-state index contributed by atoms with van der Waals surface area (Å²) in [5, 5.41) is 11.7. The van der Waals surface area contributed by atoms with Gasteiger partial charge >= 0.3 is 5.97 Å². The molecular weight excluding hydrogens is 240 g/mol. The molecule has 0 bridgehead atoms. The van der Waals surface area contributed by atoms with Crippen molar-refractivity contribution in [2.75, 3.05) is 6.61 Å². The van der Waals surface area contributed by atoms with Crippen molar-refractivity contribution < 1.29 is 14.6 Å². The molecule has 1 aliphatic carbocycles. The molecule has 0 heterocycles. The van der Waals surface area contributed by atoms with Crippen molar-refractivity contribution >= 4 is 5.97 Å². The summed E-state index contributed by atoms with van der Waals surface area (Å²) in [6, 6.07) is 0. The van der Waals surface area contributed by atoms with Gasteiger partial charge in [0.15, 0.2) is 0 Å². The molecule has 0 saturated carbocycles. The fourth-order valence-corrected chi connectivity index (χ4v) is 2.02. The molecule has 0 aromatic heterocycles. The number of hydrogen-bond acceptors (Lipinski definition) is 3. The van der Waals surface area contributed by atoms with E-state index in [1.54, 1.807) is 0 Å². The third-order valence-electron chi connectivity index (χ3n) is 3.07. The third kappa shape index (κ3) is 6.85. The maximum absolute atomic E-state index is 11.7. The number of hydrogen-bond donors (Lipinski definition) is 0. The lowest BCUT2D eigenvalue weighted by atomic mass is 10.1. The van der Waals surface area contributed by atoms with Crippen LogP contribution in [-0.4, -0.2) is 12.6 Å². The first-order valence-corrected chi connectivity index (χ1v) is 7.14. The lowest BCUT2D eigenvalue weighted by Crippen LogP contribution is -2.05. The Labute approximate surface area is 115 Å². The number of rotatable bonds is 9. The van der Waals surface area contributed by atoms with Gasteiger partial charge in [0, 0.05) is 6.42 Å². The second kappa shape index (κ2) is 9.42. The number of ether oxygens (including phenoxy) is 1. The molecule has 0 radical (unpaired) electrons. The van der Waals surface area contributed by atoms with Gasteiger partial charge in [0.05, 0.1) is 6.61 Å². The van der Waals surface area contributed by atoms with E-state index >= 15 is 0 Å². The topological polar surface area (TPSA) is 49.4 Å². The summed E-state index contributed by atoms with van der Waals surface area (Å²) in [5.74, 6) is 0.130. The van der Waals surface area contributed by atoms with Gasteiger partial charge in [0.25, 0.3) is 0 Å². The standard InChI is InChI=1S/C16H24O3/c1-2-19-16(18)13-7-5-3-4-6-12-15(17)14-10-8-9-11-14/h8-11,17H,2-7,12-13H2,1H3/p-1. The van der Waals surface area contributed by atoms with Gasteiger partial charge in [-0.15, -0.1) is 5.76 Å². The molecule has 0 spiro atoms. The Balaban J connectivity index is 1.97. The van der Waals surface area contributed by atoms with Crippen molar-refractivity contribution in [2.45, 2.75) is 51.9 Å². The minimum Gasteiger partial charge on any atom is -0.875 e. The first-order valence-electron chi connectivity index (χ1n) is 7.14. The van der Waals surface area contributed by atoms with Gasteiger partial charge in [-0.3, -0.25) is 4.79 Å². The van der Waals surface area contributed by atoms with E-state index in [0.29, 0.717) is 19.4 Å². The van der Waals surface area contributed by atoms with E-state index in [9.17, 15) is 9.90 Å². The fraction of sp³-hybridized carbons (Fsp3) is 0.562. The van der Waals surface area contributed by atoms with Crippen LogP contribution in [0.25, 0.3) is 0 Å².